The molecule has 0 saturated carbocycles. The maximum Gasteiger partial charge on any atom is 0.322 e. The Balaban J connectivity index is 1.55. The number of rotatable bonds is 4. The normalized spacial score (nSPS) is 11.0. The van der Waals surface area contributed by atoms with E-state index in [2.05, 4.69) is 31.4 Å². The second kappa shape index (κ2) is 7.57. The summed E-state index contributed by atoms with van der Waals surface area (Å²) in [7, 11) is 0. The minimum atomic E-state index is -0.382. The molecule has 3 heterocycles. The van der Waals surface area contributed by atoms with Gasteiger partial charge in [0.25, 0.3) is 11.8 Å². The number of nitrogens with one attached hydrogen (secondary N) is 1. The number of pyridine rings is 1. The van der Waals surface area contributed by atoms with Crippen LogP contribution in [0.25, 0.3) is 33.8 Å². The summed E-state index contributed by atoms with van der Waals surface area (Å²) in [5, 5.41) is 11.2. The maximum atomic E-state index is 13.1. The average Bonchev–Trinajstić information content (AvgIpc) is 3.45. The molecule has 0 unspecified atom stereocenters. The van der Waals surface area contributed by atoms with Crippen LogP contribution in [0.15, 0.2) is 86.3 Å². The molecule has 0 aliphatic carbocycles. The topological polar surface area (TPSA) is 94.1 Å². The molecule has 0 aliphatic rings. The number of hydrogen-bond acceptors (Lipinski definition) is 6. The molecule has 7 nitrogen and oxygen atoms in total. The maximum absolute atomic E-state index is 13.1. The minimum absolute atomic E-state index is 0.0207. The van der Waals surface area contributed by atoms with E-state index >= 15 is 0 Å². The van der Waals surface area contributed by atoms with Crippen molar-refractivity contribution in [2.24, 2.45) is 0 Å². The van der Waals surface area contributed by atoms with Crippen molar-refractivity contribution < 1.29 is 13.6 Å². The van der Waals surface area contributed by atoms with Gasteiger partial charge in [0.15, 0.2) is 5.76 Å². The third-order valence-corrected chi connectivity index (χ3v) is 4.96. The zero-order valence-corrected chi connectivity index (χ0v) is 17.0. The van der Waals surface area contributed by atoms with Gasteiger partial charge < -0.3 is 8.83 Å². The number of carbonyl (C=O) groups excluding carboxylic acids is 1. The quantitative estimate of drug-likeness (QED) is 0.377. The summed E-state index contributed by atoms with van der Waals surface area (Å²) < 4.78 is 11.6. The highest BCUT2D eigenvalue weighted by molar-refractivity contribution is 9.10. The van der Waals surface area contributed by atoms with Crippen LogP contribution in [0, 0.1) is 0 Å². The first kappa shape index (κ1) is 18.3. The van der Waals surface area contributed by atoms with Gasteiger partial charge in [-0.2, -0.15) is 0 Å². The molecule has 8 heteroatoms. The van der Waals surface area contributed by atoms with Crippen LogP contribution in [0.3, 0.4) is 0 Å². The molecule has 0 spiro atoms. The second-order valence-electron chi connectivity index (χ2n) is 6.43. The first-order valence-electron chi connectivity index (χ1n) is 9.02. The lowest BCUT2D eigenvalue weighted by atomic mass is 10.0. The number of amides is 1. The molecule has 0 radical (unpaired) electrons. The van der Waals surface area contributed by atoms with Gasteiger partial charge in [0.05, 0.1) is 23.0 Å². The Bertz CT molecular complexity index is 1350. The fourth-order valence-corrected chi connectivity index (χ4v) is 3.44. The Labute approximate surface area is 178 Å². The summed E-state index contributed by atoms with van der Waals surface area (Å²) in [5.74, 6) is 0.225. The van der Waals surface area contributed by atoms with E-state index in [1.54, 1.807) is 18.2 Å². The molecule has 0 aliphatic heterocycles. The lowest BCUT2D eigenvalue weighted by molar-refractivity contribution is 0.102. The van der Waals surface area contributed by atoms with E-state index in [0.717, 1.165) is 10.0 Å². The Kier molecular flexibility index (Phi) is 4.61. The summed E-state index contributed by atoms with van der Waals surface area (Å²) in [6.45, 7) is 0. The molecule has 1 N–H and O–H groups in total. The van der Waals surface area contributed by atoms with Gasteiger partial charge in [-0.3, -0.25) is 10.1 Å². The first-order chi connectivity index (χ1) is 14.7. The molecule has 146 valence electrons. The van der Waals surface area contributed by atoms with Crippen molar-refractivity contribution in [1.29, 1.82) is 0 Å². The van der Waals surface area contributed by atoms with Crippen LogP contribution in [-0.2, 0) is 0 Å². The van der Waals surface area contributed by atoms with E-state index in [1.165, 1.54) is 6.26 Å². The lowest BCUT2D eigenvalue weighted by Gasteiger charge is -2.10. The number of aromatic nitrogens is 3. The number of nitrogens with zero attached hydrogens (tertiary/aromatic N) is 3. The standard InChI is InChI=1S/C22H13BrN4O3/c23-14-8-9-17-15(11-14)16(12-18(24-17)13-5-2-1-3-6-13)20(28)25-22-27-26-21(30-22)19-7-4-10-29-19/h1-12H,(H,25,27,28). The number of carbonyl (C=O) groups is 1. The Morgan fingerprint density at radius 3 is 2.63 bits per heavy atom. The molecule has 0 atom stereocenters. The van der Waals surface area contributed by atoms with Crippen LogP contribution < -0.4 is 5.32 Å². The van der Waals surface area contributed by atoms with Crippen LogP contribution in [-0.4, -0.2) is 21.1 Å². The monoisotopic (exact) mass is 460 g/mol. The van der Waals surface area contributed by atoms with Crippen molar-refractivity contribution >= 4 is 38.8 Å². The van der Waals surface area contributed by atoms with Crippen molar-refractivity contribution in [2.75, 3.05) is 5.32 Å². The van der Waals surface area contributed by atoms with Gasteiger partial charge in [0, 0.05) is 15.4 Å². The SMILES string of the molecule is O=C(Nc1nnc(-c2ccco2)o1)c1cc(-c2ccccc2)nc2ccc(Br)cc12. The second-order valence-corrected chi connectivity index (χ2v) is 7.34. The largest absolute Gasteiger partial charge is 0.459 e. The van der Waals surface area contributed by atoms with Gasteiger partial charge in [-0.05, 0) is 36.4 Å². The third kappa shape index (κ3) is 3.48. The fourth-order valence-electron chi connectivity index (χ4n) is 3.08. The van der Waals surface area contributed by atoms with Crippen LogP contribution in [0.2, 0.25) is 0 Å². The summed E-state index contributed by atoms with van der Waals surface area (Å²) in [6, 6.07) is 20.4. The zero-order valence-electron chi connectivity index (χ0n) is 15.4. The minimum Gasteiger partial charge on any atom is -0.459 e. The molecule has 3 aromatic heterocycles. The Morgan fingerprint density at radius 1 is 0.967 bits per heavy atom. The number of anilines is 1. The third-order valence-electron chi connectivity index (χ3n) is 4.46. The van der Waals surface area contributed by atoms with Gasteiger partial charge in [-0.25, -0.2) is 4.98 Å². The van der Waals surface area contributed by atoms with E-state index in [-0.39, 0.29) is 17.8 Å². The van der Waals surface area contributed by atoms with E-state index in [4.69, 9.17) is 13.8 Å². The van der Waals surface area contributed by atoms with Crippen molar-refractivity contribution in [2.45, 2.75) is 0 Å². The van der Waals surface area contributed by atoms with Crippen molar-refractivity contribution in [3.63, 3.8) is 0 Å². The summed E-state index contributed by atoms with van der Waals surface area (Å²) in [6.07, 6.45) is 1.50. The molecule has 1 amide bonds. The van der Waals surface area contributed by atoms with Gasteiger partial charge in [0.1, 0.15) is 0 Å². The highest BCUT2D eigenvalue weighted by Gasteiger charge is 2.18. The van der Waals surface area contributed by atoms with Gasteiger partial charge >= 0.3 is 6.01 Å². The number of benzene rings is 2. The molecule has 5 aromatic rings. The molecule has 5 rings (SSSR count). The van der Waals surface area contributed by atoms with E-state index in [9.17, 15) is 4.79 Å². The highest BCUT2D eigenvalue weighted by Crippen LogP contribution is 2.28. The van der Waals surface area contributed by atoms with Gasteiger partial charge in [-0.15, -0.1) is 5.10 Å². The molecule has 0 fully saturated rings. The van der Waals surface area contributed by atoms with Crippen LogP contribution in [0.1, 0.15) is 10.4 Å². The van der Waals surface area contributed by atoms with Crippen LogP contribution in [0.4, 0.5) is 6.01 Å². The van der Waals surface area contributed by atoms with E-state index in [0.29, 0.717) is 27.9 Å². The first-order valence-corrected chi connectivity index (χ1v) is 9.81. The van der Waals surface area contributed by atoms with Gasteiger partial charge in [-0.1, -0.05) is 51.4 Å². The smallest absolute Gasteiger partial charge is 0.322 e. The Morgan fingerprint density at radius 2 is 1.83 bits per heavy atom. The van der Waals surface area contributed by atoms with E-state index < -0.39 is 0 Å². The predicted molar refractivity (Wildman–Crippen MR) is 115 cm³/mol. The number of furan rings is 1. The number of hydrogen-bond donors (Lipinski definition) is 1. The van der Waals surface area contributed by atoms with E-state index in [1.807, 2.05) is 48.5 Å². The number of halogens is 1. The summed E-state index contributed by atoms with van der Waals surface area (Å²) in [4.78, 5) is 17.8. The summed E-state index contributed by atoms with van der Waals surface area (Å²) in [5.41, 5.74) is 2.75. The van der Waals surface area contributed by atoms with Gasteiger partial charge in [0.2, 0.25) is 0 Å². The molecule has 0 saturated heterocycles. The van der Waals surface area contributed by atoms with Crippen molar-refractivity contribution in [3.8, 4) is 22.9 Å². The Hall–Kier alpha value is -3.78. The molecular formula is C22H13BrN4O3. The fraction of sp³-hybridized carbons (Fsp3) is 0. The van der Waals surface area contributed by atoms with Crippen LogP contribution in [0.5, 0.6) is 0 Å². The zero-order chi connectivity index (χ0) is 20.5. The molecule has 0 bridgehead atoms. The average molecular weight is 461 g/mol. The predicted octanol–water partition coefficient (Wildman–Crippen LogP) is 5.56. The molecule has 30 heavy (non-hydrogen) atoms. The number of fused-ring (bicyclic) bond motifs is 1. The molecule has 2 aromatic carbocycles. The summed E-state index contributed by atoms with van der Waals surface area (Å²) >= 11 is 3.46. The highest BCUT2D eigenvalue weighted by atomic mass is 79.9. The van der Waals surface area contributed by atoms with Crippen molar-refractivity contribution in [3.05, 3.63) is 83.0 Å². The molecular weight excluding hydrogens is 448 g/mol. The van der Waals surface area contributed by atoms with Crippen LogP contribution >= 0.6 is 15.9 Å². The van der Waals surface area contributed by atoms with Crippen molar-refractivity contribution in [1.82, 2.24) is 15.2 Å². The lowest BCUT2D eigenvalue weighted by Crippen LogP contribution is -2.13.